The van der Waals surface area contributed by atoms with E-state index >= 15 is 0 Å². The van der Waals surface area contributed by atoms with E-state index in [-0.39, 0.29) is 13.2 Å². The second-order valence-electron chi connectivity index (χ2n) is 8.50. The molecule has 1 heterocycles. The van der Waals surface area contributed by atoms with Gasteiger partial charge in [-0.3, -0.25) is 5.41 Å². The number of ether oxygens (including phenoxy) is 5. The molecule has 1 saturated heterocycles. The van der Waals surface area contributed by atoms with E-state index in [4.69, 9.17) is 63.9 Å². The number of hydrogen-bond donors (Lipinski definition) is 1. The Bertz CT molecular complexity index is 1100. The zero-order valence-corrected chi connectivity index (χ0v) is 22.2. The summed E-state index contributed by atoms with van der Waals surface area (Å²) < 4.78 is 28.5. The highest BCUT2D eigenvalue weighted by Crippen LogP contribution is 2.32. The second kappa shape index (κ2) is 13.6. The summed E-state index contributed by atoms with van der Waals surface area (Å²) in [5, 5.41) is 8.08. The van der Waals surface area contributed by atoms with Crippen LogP contribution in [0.4, 0.5) is 0 Å². The summed E-state index contributed by atoms with van der Waals surface area (Å²) in [6.07, 6.45) is -2.92. The van der Waals surface area contributed by atoms with Crippen LogP contribution >= 0.6 is 34.8 Å². The lowest BCUT2D eigenvalue weighted by molar-refractivity contribution is -0.282. The van der Waals surface area contributed by atoms with Crippen molar-refractivity contribution in [2.24, 2.45) is 0 Å². The normalized spacial score (nSPS) is 21.9. The molecular formula is C28H28Cl3NO5. The Morgan fingerprint density at radius 2 is 1.14 bits per heavy atom. The summed E-state index contributed by atoms with van der Waals surface area (Å²) in [6.45, 7) is 1.07. The summed E-state index contributed by atoms with van der Waals surface area (Å²) in [7, 11) is 0. The van der Waals surface area contributed by atoms with Gasteiger partial charge in [0.2, 0.25) is 12.2 Å². The van der Waals surface area contributed by atoms with Crippen LogP contribution in [0, 0.1) is 5.41 Å². The van der Waals surface area contributed by atoms with Crippen LogP contribution < -0.4 is 0 Å². The zero-order valence-electron chi connectivity index (χ0n) is 20.0. The first-order valence-electron chi connectivity index (χ1n) is 11.8. The molecular weight excluding hydrogens is 537 g/mol. The minimum Gasteiger partial charge on any atom is -0.445 e. The Hall–Kier alpha value is -2.16. The molecule has 4 rings (SSSR count). The van der Waals surface area contributed by atoms with E-state index < -0.39 is 34.3 Å². The fourth-order valence-electron chi connectivity index (χ4n) is 3.86. The average molecular weight is 565 g/mol. The highest BCUT2D eigenvalue weighted by molar-refractivity contribution is 6.76. The van der Waals surface area contributed by atoms with Crippen molar-refractivity contribution in [2.45, 2.75) is 48.2 Å². The monoisotopic (exact) mass is 563 g/mol. The first-order chi connectivity index (χ1) is 17.9. The predicted molar refractivity (Wildman–Crippen MR) is 144 cm³/mol. The number of alkyl halides is 3. The maximum absolute atomic E-state index is 8.08. The summed E-state index contributed by atoms with van der Waals surface area (Å²) >= 11 is 17.6. The molecule has 3 aromatic rings. The van der Waals surface area contributed by atoms with Crippen LogP contribution in [-0.2, 0) is 43.5 Å². The zero-order chi connectivity index (χ0) is 26.1. The van der Waals surface area contributed by atoms with Crippen molar-refractivity contribution in [3.05, 3.63) is 108 Å². The Balaban J connectivity index is 1.56. The van der Waals surface area contributed by atoms with Gasteiger partial charge in [0.1, 0.15) is 18.3 Å². The van der Waals surface area contributed by atoms with Gasteiger partial charge in [0.25, 0.3) is 3.79 Å². The fraction of sp³-hybridized carbons (Fsp3) is 0.321. The van der Waals surface area contributed by atoms with Gasteiger partial charge in [0.15, 0.2) is 0 Å². The first kappa shape index (κ1) is 27.9. The van der Waals surface area contributed by atoms with Crippen LogP contribution in [0.1, 0.15) is 16.7 Å². The van der Waals surface area contributed by atoms with E-state index in [2.05, 4.69) is 0 Å². The molecule has 1 N–H and O–H groups in total. The molecule has 1 aliphatic rings. The van der Waals surface area contributed by atoms with Crippen LogP contribution in [0.25, 0.3) is 0 Å². The van der Waals surface area contributed by atoms with Crippen LogP contribution in [0.15, 0.2) is 91.0 Å². The number of benzene rings is 3. The molecule has 1 aliphatic heterocycles. The van der Waals surface area contributed by atoms with Crippen LogP contribution in [0.2, 0.25) is 0 Å². The summed E-state index contributed by atoms with van der Waals surface area (Å²) in [5.74, 6) is -0.568. The molecule has 3 aromatic carbocycles. The minimum atomic E-state index is -2.05. The molecule has 1 fully saturated rings. The third kappa shape index (κ3) is 8.42. The smallest absolute Gasteiger partial charge is 0.265 e. The van der Waals surface area contributed by atoms with Gasteiger partial charge in [-0.1, -0.05) is 126 Å². The molecule has 0 amide bonds. The van der Waals surface area contributed by atoms with Gasteiger partial charge >= 0.3 is 0 Å². The summed E-state index contributed by atoms with van der Waals surface area (Å²) in [4.78, 5) is 0. The number of rotatable bonds is 10. The maximum atomic E-state index is 8.08. The summed E-state index contributed by atoms with van der Waals surface area (Å²) in [5.41, 5.74) is 2.96. The molecule has 0 unspecified atom stereocenters. The Morgan fingerprint density at radius 1 is 0.703 bits per heavy atom. The van der Waals surface area contributed by atoms with Crippen LogP contribution in [0.5, 0.6) is 0 Å². The van der Waals surface area contributed by atoms with Gasteiger partial charge in [-0.25, -0.2) is 0 Å². The third-order valence-corrected chi connectivity index (χ3v) is 6.27. The average Bonchev–Trinajstić information content (AvgIpc) is 2.91. The molecule has 0 aliphatic carbocycles. The van der Waals surface area contributed by atoms with Gasteiger partial charge in [0, 0.05) is 0 Å². The maximum Gasteiger partial charge on any atom is 0.265 e. The van der Waals surface area contributed by atoms with E-state index in [1.807, 2.05) is 91.0 Å². The van der Waals surface area contributed by atoms with Gasteiger partial charge in [-0.2, -0.15) is 0 Å². The lowest BCUT2D eigenvalue weighted by atomic mass is 10.0. The van der Waals surface area contributed by atoms with Crippen molar-refractivity contribution in [3.63, 3.8) is 0 Å². The molecule has 0 spiro atoms. The van der Waals surface area contributed by atoms with E-state index in [1.54, 1.807) is 0 Å². The Kier molecular flexibility index (Phi) is 10.2. The van der Waals surface area contributed by atoms with Crippen molar-refractivity contribution in [1.82, 2.24) is 0 Å². The number of hydrogen-bond acceptors (Lipinski definition) is 6. The molecule has 37 heavy (non-hydrogen) atoms. The van der Waals surface area contributed by atoms with Gasteiger partial charge in [-0.05, 0) is 16.7 Å². The molecule has 196 valence electrons. The van der Waals surface area contributed by atoms with Gasteiger partial charge in [-0.15, -0.1) is 0 Å². The van der Waals surface area contributed by atoms with Crippen molar-refractivity contribution >= 4 is 40.7 Å². The van der Waals surface area contributed by atoms with Crippen LogP contribution in [-0.4, -0.2) is 40.9 Å². The highest BCUT2D eigenvalue weighted by Gasteiger charge is 2.46. The predicted octanol–water partition coefficient (Wildman–Crippen LogP) is 6.46. The van der Waals surface area contributed by atoms with E-state index in [9.17, 15) is 0 Å². The van der Waals surface area contributed by atoms with E-state index in [0.29, 0.717) is 13.2 Å². The van der Waals surface area contributed by atoms with E-state index in [1.165, 1.54) is 0 Å². The summed E-state index contributed by atoms with van der Waals surface area (Å²) in [6, 6.07) is 29.3. The number of halogens is 3. The largest absolute Gasteiger partial charge is 0.445 e. The second-order valence-corrected chi connectivity index (χ2v) is 10.8. The molecule has 0 bridgehead atoms. The van der Waals surface area contributed by atoms with E-state index in [0.717, 1.165) is 16.7 Å². The quantitative estimate of drug-likeness (QED) is 0.174. The molecule has 0 radical (unpaired) electrons. The van der Waals surface area contributed by atoms with Gasteiger partial charge in [0.05, 0.1) is 26.4 Å². The standard InChI is InChI=1S/C28H28Cl3NO5/c29-28(30,31)27(32)37-26-25(35-18-22-14-8-3-9-15-22)24(34-17-21-12-6-2-7-13-21)23(19-36-26)33-16-20-10-4-1-5-11-20/h1-15,23-26,32H,16-19H2/t23-,24+,25-,26+/m1/s1. The Morgan fingerprint density at radius 3 is 1.59 bits per heavy atom. The van der Waals surface area contributed by atoms with Crippen molar-refractivity contribution < 1.29 is 23.7 Å². The molecule has 0 aromatic heterocycles. The van der Waals surface area contributed by atoms with Crippen LogP contribution in [0.3, 0.4) is 0 Å². The topological polar surface area (TPSA) is 70.0 Å². The molecule has 0 saturated carbocycles. The van der Waals surface area contributed by atoms with Gasteiger partial charge < -0.3 is 23.7 Å². The van der Waals surface area contributed by atoms with Crippen molar-refractivity contribution in [3.8, 4) is 0 Å². The SMILES string of the molecule is N=C(O[C@@H]1OC[C@@H](OCc2ccccc2)[C@H](OCc2ccccc2)[C@H]1OCc1ccccc1)C(Cl)(Cl)Cl. The minimum absolute atomic E-state index is 0.134. The molecule has 6 nitrogen and oxygen atoms in total. The fourth-order valence-corrected chi connectivity index (χ4v) is 3.99. The Labute approximate surface area is 231 Å². The molecule has 9 heteroatoms. The highest BCUT2D eigenvalue weighted by atomic mass is 35.6. The number of nitrogens with one attached hydrogen (secondary N) is 1. The van der Waals surface area contributed by atoms with Crippen molar-refractivity contribution in [2.75, 3.05) is 6.61 Å². The molecule has 4 atom stereocenters. The van der Waals surface area contributed by atoms with Crippen molar-refractivity contribution in [1.29, 1.82) is 5.41 Å². The lowest BCUT2D eigenvalue weighted by Crippen LogP contribution is -2.57. The third-order valence-electron chi connectivity index (χ3n) is 5.75. The first-order valence-corrected chi connectivity index (χ1v) is 12.9. The lowest BCUT2D eigenvalue weighted by Gasteiger charge is -2.42.